The third kappa shape index (κ3) is 3.71. The highest BCUT2D eigenvalue weighted by molar-refractivity contribution is 5.95. The van der Waals surface area contributed by atoms with Crippen molar-refractivity contribution in [3.63, 3.8) is 0 Å². The van der Waals surface area contributed by atoms with Crippen molar-refractivity contribution < 1.29 is 13.6 Å². The molecule has 30 heavy (non-hydrogen) atoms. The van der Waals surface area contributed by atoms with Crippen LogP contribution in [-0.4, -0.2) is 43.2 Å². The molecular formula is C21H23F2N5O2. The van der Waals surface area contributed by atoms with Crippen molar-refractivity contribution in [3.05, 3.63) is 57.9 Å². The van der Waals surface area contributed by atoms with Gasteiger partial charge in [-0.05, 0) is 37.8 Å². The average Bonchev–Trinajstić information content (AvgIpc) is 3.13. The molecule has 1 amide bonds. The first-order valence-corrected chi connectivity index (χ1v) is 9.92. The monoisotopic (exact) mass is 415 g/mol. The first-order chi connectivity index (χ1) is 14.3. The van der Waals surface area contributed by atoms with Crippen molar-refractivity contribution in [1.29, 1.82) is 0 Å². The first-order valence-electron chi connectivity index (χ1n) is 9.92. The van der Waals surface area contributed by atoms with Crippen LogP contribution in [0.3, 0.4) is 0 Å². The number of fused-ring (bicyclic) bond motifs is 1. The van der Waals surface area contributed by atoms with Gasteiger partial charge in [-0.15, -0.1) is 0 Å². The Labute approximate surface area is 171 Å². The summed E-state index contributed by atoms with van der Waals surface area (Å²) >= 11 is 0. The molecule has 2 aromatic heterocycles. The molecule has 0 atom stereocenters. The number of para-hydroxylation sites is 1. The second-order valence-electron chi connectivity index (χ2n) is 7.73. The molecule has 0 saturated carbocycles. The zero-order valence-electron chi connectivity index (χ0n) is 16.9. The molecule has 0 radical (unpaired) electrons. The molecule has 7 nitrogen and oxygen atoms in total. The van der Waals surface area contributed by atoms with Crippen molar-refractivity contribution in [2.24, 2.45) is 13.0 Å². The lowest BCUT2D eigenvalue weighted by Crippen LogP contribution is -2.40. The third-order valence-electron chi connectivity index (χ3n) is 5.69. The van der Waals surface area contributed by atoms with Gasteiger partial charge in [-0.3, -0.25) is 18.8 Å². The SMILES string of the molecule is Cc1nc2ccccc2c(=O)n1CC1CCN(C(=O)c2cn(C)nc2C(F)F)CC1. The highest BCUT2D eigenvalue weighted by Gasteiger charge is 2.29. The second-order valence-corrected chi connectivity index (χ2v) is 7.73. The number of nitrogens with zero attached hydrogens (tertiary/aromatic N) is 5. The first kappa shape index (κ1) is 20.2. The molecule has 1 saturated heterocycles. The van der Waals surface area contributed by atoms with E-state index in [1.54, 1.807) is 15.5 Å². The van der Waals surface area contributed by atoms with Crippen LogP contribution in [0.25, 0.3) is 10.9 Å². The van der Waals surface area contributed by atoms with Crippen LogP contribution in [0.1, 0.15) is 41.1 Å². The van der Waals surface area contributed by atoms with E-state index in [1.807, 2.05) is 25.1 Å². The Kier molecular flexibility index (Phi) is 5.36. The van der Waals surface area contributed by atoms with Crippen LogP contribution in [0, 0.1) is 12.8 Å². The van der Waals surface area contributed by atoms with Crippen molar-refractivity contribution in [1.82, 2.24) is 24.2 Å². The molecule has 0 N–H and O–H groups in total. The van der Waals surface area contributed by atoms with Crippen LogP contribution in [0.4, 0.5) is 8.78 Å². The van der Waals surface area contributed by atoms with Crippen molar-refractivity contribution in [2.75, 3.05) is 13.1 Å². The predicted octanol–water partition coefficient (Wildman–Crippen LogP) is 2.93. The van der Waals surface area contributed by atoms with E-state index in [1.165, 1.54) is 17.9 Å². The molecule has 0 unspecified atom stereocenters. The van der Waals surface area contributed by atoms with Crippen LogP contribution in [-0.2, 0) is 13.6 Å². The van der Waals surface area contributed by atoms with E-state index >= 15 is 0 Å². The molecular weight excluding hydrogens is 392 g/mol. The zero-order chi connectivity index (χ0) is 21.4. The van der Waals surface area contributed by atoms with Gasteiger partial charge in [0.1, 0.15) is 11.5 Å². The molecule has 3 heterocycles. The van der Waals surface area contributed by atoms with Crippen LogP contribution < -0.4 is 5.56 Å². The number of rotatable bonds is 4. The molecule has 0 spiro atoms. The van der Waals surface area contributed by atoms with Crippen LogP contribution in [0.2, 0.25) is 0 Å². The highest BCUT2D eigenvalue weighted by Crippen LogP contribution is 2.25. The fourth-order valence-corrected chi connectivity index (χ4v) is 4.07. The number of halogens is 2. The number of alkyl halides is 2. The standard InChI is InChI=1S/C21H23F2N5O2/c1-13-24-17-6-4-3-5-15(17)21(30)28(13)11-14-7-9-27(10-8-14)20(29)16-12-26(2)25-18(16)19(22)23/h3-6,12,14,19H,7-11H2,1-2H3. The average molecular weight is 415 g/mol. The molecule has 1 aliphatic rings. The fraction of sp³-hybridized carbons (Fsp3) is 0.429. The number of aromatic nitrogens is 4. The van der Waals surface area contributed by atoms with Gasteiger partial charge < -0.3 is 4.90 Å². The Hall–Kier alpha value is -3.10. The number of benzene rings is 1. The summed E-state index contributed by atoms with van der Waals surface area (Å²) in [5.41, 5.74) is 0.0993. The number of carbonyl (C=O) groups excluding carboxylic acids is 1. The smallest absolute Gasteiger partial charge is 0.282 e. The van der Waals surface area contributed by atoms with Gasteiger partial charge in [0.05, 0.1) is 16.5 Å². The molecule has 9 heteroatoms. The maximum atomic E-state index is 13.2. The number of likely N-dealkylation sites (tertiary alicyclic amines) is 1. The van der Waals surface area contributed by atoms with E-state index in [-0.39, 0.29) is 17.0 Å². The summed E-state index contributed by atoms with van der Waals surface area (Å²) in [5.74, 6) is 0.448. The largest absolute Gasteiger partial charge is 0.339 e. The lowest BCUT2D eigenvalue weighted by molar-refractivity contribution is 0.0670. The summed E-state index contributed by atoms with van der Waals surface area (Å²) in [6.07, 6.45) is -0.0683. The van der Waals surface area contributed by atoms with E-state index in [4.69, 9.17) is 0 Å². The molecule has 0 bridgehead atoms. The van der Waals surface area contributed by atoms with Crippen molar-refractivity contribution in [3.8, 4) is 0 Å². The molecule has 1 aliphatic heterocycles. The summed E-state index contributed by atoms with van der Waals surface area (Å²) in [6, 6.07) is 7.27. The summed E-state index contributed by atoms with van der Waals surface area (Å²) in [5, 5.41) is 4.30. The Bertz CT molecular complexity index is 1150. The highest BCUT2D eigenvalue weighted by atomic mass is 19.3. The Balaban J connectivity index is 1.46. The number of carbonyl (C=O) groups is 1. The number of piperidine rings is 1. The topological polar surface area (TPSA) is 73.0 Å². The number of aryl methyl sites for hydroxylation is 2. The van der Waals surface area contributed by atoms with Gasteiger partial charge in [0.25, 0.3) is 17.9 Å². The molecule has 0 aliphatic carbocycles. The van der Waals surface area contributed by atoms with Crippen molar-refractivity contribution in [2.45, 2.75) is 32.7 Å². The van der Waals surface area contributed by atoms with E-state index in [2.05, 4.69) is 10.1 Å². The van der Waals surface area contributed by atoms with Gasteiger partial charge >= 0.3 is 0 Å². The van der Waals surface area contributed by atoms with Gasteiger partial charge in [0.15, 0.2) is 0 Å². The van der Waals surface area contributed by atoms with E-state index < -0.39 is 18.0 Å². The molecule has 4 rings (SSSR count). The number of hydrogen-bond acceptors (Lipinski definition) is 4. The Morgan fingerprint density at radius 1 is 1.23 bits per heavy atom. The second kappa shape index (κ2) is 7.97. The number of amides is 1. The Morgan fingerprint density at radius 2 is 1.93 bits per heavy atom. The van der Waals surface area contributed by atoms with E-state index in [0.29, 0.717) is 49.2 Å². The minimum Gasteiger partial charge on any atom is -0.339 e. The van der Waals surface area contributed by atoms with Crippen LogP contribution in [0.15, 0.2) is 35.3 Å². The third-order valence-corrected chi connectivity index (χ3v) is 5.69. The minimum atomic E-state index is -2.79. The quantitative estimate of drug-likeness (QED) is 0.657. The zero-order valence-corrected chi connectivity index (χ0v) is 16.9. The molecule has 3 aromatic rings. The number of hydrogen-bond donors (Lipinski definition) is 0. The van der Waals surface area contributed by atoms with Crippen LogP contribution >= 0.6 is 0 Å². The normalized spacial score (nSPS) is 15.3. The summed E-state index contributed by atoms with van der Waals surface area (Å²) in [4.78, 5) is 31.7. The maximum absolute atomic E-state index is 13.2. The summed E-state index contributed by atoms with van der Waals surface area (Å²) in [7, 11) is 1.52. The predicted molar refractivity (Wildman–Crippen MR) is 108 cm³/mol. The van der Waals surface area contributed by atoms with E-state index in [9.17, 15) is 18.4 Å². The van der Waals surface area contributed by atoms with Crippen molar-refractivity contribution >= 4 is 16.8 Å². The fourth-order valence-electron chi connectivity index (χ4n) is 4.07. The molecule has 1 aromatic carbocycles. The Morgan fingerprint density at radius 3 is 2.63 bits per heavy atom. The minimum absolute atomic E-state index is 0.0447. The lowest BCUT2D eigenvalue weighted by atomic mass is 9.96. The van der Waals surface area contributed by atoms with Gasteiger partial charge in [-0.2, -0.15) is 5.10 Å². The van der Waals surface area contributed by atoms with Gasteiger partial charge in [-0.25, -0.2) is 13.8 Å². The van der Waals surface area contributed by atoms with Gasteiger partial charge in [-0.1, -0.05) is 12.1 Å². The van der Waals surface area contributed by atoms with Gasteiger partial charge in [0.2, 0.25) is 0 Å². The molecule has 158 valence electrons. The van der Waals surface area contributed by atoms with Gasteiger partial charge in [0, 0.05) is 32.9 Å². The molecule has 1 fully saturated rings. The maximum Gasteiger partial charge on any atom is 0.282 e. The lowest BCUT2D eigenvalue weighted by Gasteiger charge is -2.32. The van der Waals surface area contributed by atoms with Crippen LogP contribution in [0.5, 0.6) is 0 Å². The summed E-state index contributed by atoms with van der Waals surface area (Å²) in [6.45, 7) is 3.26. The summed E-state index contributed by atoms with van der Waals surface area (Å²) < 4.78 is 29.3. The van der Waals surface area contributed by atoms with E-state index in [0.717, 1.165) is 0 Å².